The summed E-state index contributed by atoms with van der Waals surface area (Å²) in [4.78, 5) is 22.9. The highest BCUT2D eigenvalue weighted by Gasteiger charge is 2.12. The molecule has 2 heterocycles. The third kappa shape index (κ3) is 13.6. The number of allylic oxidation sites excluding steroid dienone is 2. The lowest BCUT2D eigenvalue weighted by molar-refractivity contribution is -0.114. The molecule has 0 aliphatic heterocycles. The van der Waals surface area contributed by atoms with Crippen LogP contribution < -0.4 is 0 Å². The Labute approximate surface area is 388 Å². The topological polar surface area (TPSA) is 63.1 Å². The zero-order chi connectivity index (χ0) is 44.5. The van der Waals surface area contributed by atoms with Crippen molar-refractivity contribution >= 4 is 27.6 Å². The molecule has 0 saturated heterocycles. The fourth-order valence-electron chi connectivity index (χ4n) is 9.76. The highest BCUT2D eigenvalue weighted by Crippen LogP contribution is 2.30. The van der Waals surface area contributed by atoms with Gasteiger partial charge in [-0.1, -0.05) is 161 Å². The minimum absolute atomic E-state index is 0.0658. The van der Waals surface area contributed by atoms with Gasteiger partial charge in [-0.05, 0) is 134 Å². The van der Waals surface area contributed by atoms with Gasteiger partial charge in [-0.3, -0.25) is 4.79 Å². The lowest BCUT2D eigenvalue weighted by atomic mass is 9.96. The van der Waals surface area contributed by atoms with Crippen LogP contribution in [0.5, 0.6) is 0 Å². The van der Waals surface area contributed by atoms with Crippen LogP contribution in [0.1, 0.15) is 136 Å². The van der Waals surface area contributed by atoms with Crippen LogP contribution in [0.4, 0.5) is 0 Å². The molecule has 4 heteroatoms. The normalized spacial score (nSPS) is 16.4. The number of nitrogens with zero attached hydrogens (tertiary/aromatic N) is 2. The summed E-state index contributed by atoms with van der Waals surface area (Å²) in [6.45, 7) is 0. The van der Waals surface area contributed by atoms with Crippen LogP contribution in [0.25, 0.3) is 44.3 Å². The van der Waals surface area contributed by atoms with Gasteiger partial charge >= 0.3 is 0 Å². The van der Waals surface area contributed by atoms with E-state index in [-0.39, 0.29) is 11.5 Å². The van der Waals surface area contributed by atoms with Crippen molar-refractivity contribution in [3.63, 3.8) is 0 Å². The van der Waals surface area contributed by atoms with Gasteiger partial charge in [0.25, 0.3) is 0 Å². The summed E-state index contributed by atoms with van der Waals surface area (Å²) in [5, 5.41) is 13.0. The van der Waals surface area contributed by atoms with Crippen molar-refractivity contribution in [3.05, 3.63) is 179 Å². The van der Waals surface area contributed by atoms with E-state index in [9.17, 15) is 9.90 Å². The Morgan fingerprint density at radius 3 is 1.23 bits per heavy atom. The molecular formula is C61H68N2O2. The SMILES string of the molecule is O=C1C=C(O)CCCCCCCCCc2cc(nc3ccccc23)-c2cccc(c2)CCc2ccc(cc2)CCc2cccc(c2)-c2cc(c3ccccc3n2)CCCCCCCCC1. The van der Waals surface area contributed by atoms with Crippen LogP contribution in [-0.4, -0.2) is 20.9 Å². The number of aliphatic hydroxyl groups excluding tert-OH is 1. The summed E-state index contributed by atoms with van der Waals surface area (Å²) in [6, 6.07) is 49.1. The number of hydrogen-bond donors (Lipinski definition) is 1. The van der Waals surface area contributed by atoms with E-state index < -0.39 is 0 Å². The van der Waals surface area contributed by atoms with Crippen molar-refractivity contribution in [2.75, 3.05) is 0 Å². The standard InChI is InChI=1S/C61H68N2O2/c64-54-27-13-9-5-1-3-7-11-23-50-43-60(62-58-31-17-15-29-56(50)58)52-25-19-21-48(41-52)39-37-46-33-35-47(36-34-46)38-40-49-22-20-26-53(42-49)61-44-51(57-30-16-18-32-59(57)63-61)24-12-8-4-2-6-10-14-28-55(65)45-54/h15-22,25-26,29-36,41-45,64H,1-14,23-24,27-28,37-40H2. The maximum Gasteiger partial charge on any atom is 0.159 e. The number of rotatable bonds is 0. The number of benzene rings is 5. The van der Waals surface area contributed by atoms with Gasteiger partial charge in [-0.25, -0.2) is 9.97 Å². The van der Waals surface area contributed by atoms with Gasteiger partial charge in [0.1, 0.15) is 0 Å². The fourth-order valence-corrected chi connectivity index (χ4v) is 9.76. The molecule has 2 aliphatic carbocycles. The summed E-state index contributed by atoms with van der Waals surface area (Å²) in [5.74, 6) is 0.319. The van der Waals surface area contributed by atoms with E-state index in [2.05, 4.69) is 133 Å². The molecule has 0 amide bonds. The number of hydrogen-bond acceptors (Lipinski definition) is 4. The zero-order valence-electron chi connectivity index (χ0n) is 38.6. The number of aliphatic hydroxyl groups is 1. The molecule has 2 aromatic heterocycles. The maximum atomic E-state index is 12.6. The van der Waals surface area contributed by atoms with Crippen LogP contribution in [0.3, 0.4) is 0 Å². The summed E-state index contributed by atoms with van der Waals surface area (Å²) in [6.07, 6.45) is 24.6. The van der Waals surface area contributed by atoms with Gasteiger partial charge in [0, 0.05) is 40.8 Å². The molecule has 10 bridgehead atoms. The first kappa shape index (κ1) is 45.7. The highest BCUT2D eigenvalue weighted by molar-refractivity contribution is 5.90. The van der Waals surface area contributed by atoms with Crippen LogP contribution >= 0.6 is 0 Å². The van der Waals surface area contributed by atoms with Crippen molar-refractivity contribution in [1.82, 2.24) is 9.97 Å². The van der Waals surface area contributed by atoms with E-state index in [4.69, 9.17) is 9.97 Å². The predicted octanol–water partition coefficient (Wildman–Crippen LogP) is 16.0. The molecule has 7 aromatic rings. The van der Waals surface area contributed by atoms with E-state index >= 15 is 0 Å². The Bertz CT molecular complexity index is 2660. The summed E-state index contributed by atoms with van der Waals surface area (Å²) < 4.78 is 0. The first-order valence-corrected chi connectivity index (χ1v) is 25.0. The maximum absolute atomic E-state index is 12.6. The Morgan fingerprint density at radius 1 is 0.354 bits per heavy atom. The van der Waals surface area contributed by atoms with E-state index in [1.165, 1.54) is 106 Å². The Morgan fingerprint density at radius 2 is 0.754 bits per heavy atom. The highest BCUT2D eigenvalue weighted by atomic mass is 16.3. The van der Waals surface area contributed by atoms with E-state index in [1.54, 1.807) is 0 Å². The average Bonchev–Trinajstić information content (AvgIpc) is 3.34. The molecular weight excluding hydrogens is 793 g/mol. The minimum atomic E-state index is 0.0658. The number of aryl methyl sites for hydroxylation is 6. The molecule has 4 nitrogen and oxygen atoms in total. The molecule has 0 unspecified atom stereocenters. The number of para-hydroxylation sites is 2. The van der Waals surface area contributed by atoms with Gasteiger partial charge in [0.2, 0.25) is 0 Å². The largest absolute Gasteiger partial charge is 0.512 e. The third-order valence-corrected chi connectivity index (χ3v) is 13.6. The van der Waals surface area contributed by atoms with Crippen molar-refractivity contribution in [2.24, 2.45) is 0 Å². The zero-order valence-corrected chi connectivity index (χ0v) is 38.6. The summed E-state index contributed by atoms with van der Waals surface area (Å²) in [5.41, 5.74) is 14.8. The van der Waals surface area contributed by atoms with E-state index in [0.717, 1.165) is 106 Å². The van der Waals surface area contributed by atoms with Gasteiger partial charge in [0.15, 0.2) is 5.78 Å². The van der Waals surface area contributed by atoms with Gasteiger partial charge < -0.3 is 5.11 Å². The molecule has 0 atom stereocenters. The fraction of sp³-hybridized carbons (Fsp3) is 0.361. The monoisotopic (exact) mass is 861 g/mol. The van der Waals surface area contributed by atoms with Crippen molar-refractivity contribution in [2.45, 2.75) is 141 Å². The molecule has 65 heavy (non-hydrogen) atoms. The second-order valence-electron chi connectivity index (χ2n) is 18.6. The minimum Gasteiger partial charge on any atom is -0.512 e. The lowest BCUT2D eigenvalue weighted by Crippen LogP contribution is -1.96. The average molecular weight is 861 g/mol. The molecule has 0 spiro atoms. The molecule has 9 rings (SSSR count). The van der Waals surface area contributed by atoms with Gasteiger partial charge in [0.05, 0.1) is 28.2 Å². The first-order valence-electron chi connectivity index (χ1n) is 25.0. The van der Waals surface area contributed by atoms with Gasteiger partial charge in [-0.15, -0.1) is 0 Å². The second kappa shape index (κ2) is 23.9. The van der Waals surface area contributed by atoms with Gasteiger partial charge in [-0.2, -0.15) is 0 Å². The first-order chi connectivity index (χ1) is 32.0. The molecule has 5 aromatic carbocycles. The van der Waals surface area contributed by atoms with Crippen LogP contribution in [0.15, 0.2) is 145 Å². The van der Waals surface area contributed by atoms with E-state index in [0.29, 0.717) is 12.8 Å². The second-order valence-corrected chi connectivity index (χ2v) is 18.6. The molecule has 2 aliphatic rings. The van der Waals surface area contributed by atoms with Crippen LogP contribution in [0.2, 0.25) is 0 Å². The van der Waals surface area contributed by atoms with Crippen molar-refractivity contribution < 1.29 is 9.90 Å². The molecule has 0 saturated carbocycles. The number of pyridine rings is 2. The third-order valence-electron chi connectivity index (χ3n) is 13.6. The number of carbonyl (C=O) groups is 1. The molecule has 1 N–H and O–H groups in total. The van der Waals surface area contributed by atoms with Crippen LogP contribution in [-0.2, 0) is 43.3 Å². The number of ketones is 1. The quantitative estimate of drug-likeness (QED) is 0.165. The predicted molar refractivity (Wildman–Crippen MR) is 273 cm³/mol. The Kier molecular flexibility index (Phi) is 16.8. The number of fused-ring (bicyclic) bond motifs is 25. The Balaban J connectivity index is 0.939. The number of aromatic nitrogens is 2. The summed E-state index contributed by atoms with van der Waals surface area (Å²) >= 11 is 0. The molecule has 0 radical (unpaired) electrons. The smallest absolute Gasteiger partial charge is 0.159 e. The number of carbonyl (C=O) groups excluding carboxylic acids is 1. The Hall–Kier alpha value is -5.87. The van der Waals surface area contributed by atoms with Crippen LogP contribution in [0, 0.1) is 0 Å². The lowest BCUT2D eigenvalue weighted by Gasteiger charge is -2.12. The van der Waals surface area contributed by atoms with E-state index in [1.807, 2.05) is 0 Å². The summed E-state index contributed by atoms with van der Waals surface area (Å²) in [7, 11) is 0. The van der Waals surface area contributed by atoms with Crippen molar-refractivity contribution in [3.8, 4) is 22.5 Å². The molecule has 334 valence electrons. The molecule has 0 fully saturated rings. The van der Waals surface area contributed by atoms with Crippen molar-refractivity contribution in [1.29, 1.82) is 0 Å².